The number of aliphatic hydroxyl groups excluding tert-OH is 2. The molecule has 7 nitrogen and oxygen atoms in total. The highest BCUT2D eigenvalue weighted by Gasteiger charge is 2.27. The van der Waals surface area contributed by atoms with Crippen LogP contribution in [0.5, 0.6) is 0 Å². The summed E-state index contributed by atoms with van der Waals surface area (Å²) in [5.41, 5.74) is 0.927. The van der Waals surface area contributed by atoms with E-state index in [0.29, 0.717) is 18.9 Å². The molecule has 0 aliphatic rings. The molecule has 4 N–H and O–H groups in total. The second-order valence-corrected chi connectivity index (χ2v) is 6.70. The van der Waals surface area contributed by atoms with E-state index in [0.717, 1.165) is 12.0 Å². The number of amides is 3. The molecule has 0 fully saturated rings. The number of aliphatic hydroxyl groups is 2. The van der Waals surface area contributed by atoms with Crippen molar-refractivity contribution in [1.29, 1.82) is 0 Å². The van der Waals surface area contributed by atoms with Crippen LogP contribution >= 0.6 is 0 Å². The minimum atomic E-state index is -0.741. The van der Waals surface area contributed by atoms with Crippen LogP contribution in [0.15, 0.2) is 30.3 Å². The number of rotatable bonds is 10. The average Bonchev–Trinajstić information content (AvgIpc) is 2.64. The number of nitrogens with one attached hydrogen (secondary N) is 2. The van der Waals surface area contributed by atoms with E-state index in [2.05, 4.69) is 10.6 Å². The summed E-state index contributed by atoms with van der Waals surface area (Å²) in [5, 5.41) is 24.3. The van der Waals surface area contributed by atoms with Crippen LogP contribution in [0, 0.1) is 5.92 Å². The molecule has 1 aromatic carbocycles. The fourth-order valence-corrected chi connectivity index (χ4v) is 2.57. The third-order valence-electron chi connectivity index (χ3n) is 4.21. The second-order valence-electron chi connectivity index (χ2n) is 6.70. The first kappa shape index (κ1) is 21.9. The number of nitrogens with zero attached hydrogens (tertiary/aromatic N) is 1. The Bertz CT molecular complexity index is 547. The zero-order valence-electron chi connectivity index (χ0n) is 15.8. The monoisotopic (exact) mass is 365 g/mol. The molecule has 3 amide bonds. The Labute approximate surface area is 155 Å². The van der Waals surface area contributed by atoms with Crippen LogP contribution in [-0.4, -0.2) is 65.9 Å². The number of urea groups is 1. The van der Waals surface area contributed by atoms with E-state index in [4.69, 9.17) is 0 Å². The van der Waals surface area contributed by atoms with Gasteiger partial charge in [0.05, 0.1) is 19.3 Å². The molecule has 0 radical (unpaired) electrons. The molecule has 0 bridgehead atoms. The highest BCUT2D eigenvalue weighted by Crippen LogP contribution is 2.09. The average molecular weight is 365 g/mol. The summed E-state index contributed by atoms with van der Waals surface area (Å²) in [7, 11) is 1.52. The molecule has 0 aromatic heterocycles. The van der Waals surface area contributed by atoms with Gasteiger partial charge >= 0.3 is 6.03 Å². The van der Waals surface area contributed by atoms with Gasteiger partial charge in [0.1, 0.15) is 6.04 Å². The van der Waals surface area contributed by atoms with Crippen LogP contribution in [0.3, 0.4) is 0 Å². The molecule has 0 saturated heterocycles. The molecule has 1 rings (SSSR count). The molecule has 146 valence electrons. The fourth-order valence-electron chi connectivity index (χ4n) is 2.57. The summed E-state index contributed by atoms with van der Waals surface area (Å²) < 4.78 is 0. The van der Waals surface area contributed by atoms with E-state index in [-0.39, 0.29) is 19.1 Å². The van der Waals surface area contributed by atoms with Crippen molar-refractivity contribution in [2.45, 2.75) is 38.8 Å². The molecule has 26 heavy (non-hydrogen) atoms. The van der Waals surface area contributed by atoms with Gasteiger partial charge in [-0.2, -0.15) is 0 Å². The van der Waals surface area contributed by atoms with Gasteiger partial charge in [-0.25, -0.2) is 4.79 Å². The Morgan fingerprint density at radius 1 is 1.12 bits per heavy atom. The van der Waals surface area contributed by atoms with Crippen LogP contribution in [0.2, 0.25) is 0 Å². The Balaban J connectivity index is 2.89. The molecular weight excluding hydrogens is 334 g/mol. The zero-order valence-corrected chi connectivity index (χ0v) is 15.8. The van der Waals surface area contributed by atoms with Crippen LogP contribution in [0.25, 0.3) is 0 Å². The van der Waals surface area contributed by atoms with Gasteiger partial charge in [0, 0.05) is 20.0 Å². The fraction of sp³-hybridized carbons (Fsp3) is 0.579. The quantitative estimate of drug-likeness (QED) is 0.491. The van der Waals surface area contributed by atoms with Gasteiger partial charge in [0.2, 0.25) is 5.91 Å². The Morgan fingerprint density at radius 3 is 2.23 bits per heavy atom. The minimum Gasteiger partial charge on any atom is -0.394 e. The van der Waals surface area contributed by atoms with Crippen LogP contribution in [0.4, 0.5) is 4.79 Å². The third kappa shape index (κ3) is 7.01. The molecular formula is C19H31N3O4. The first-order valence-corrected chi connectivity index (χ1v) is 8.97. The first-order valence-electron chi connectivity index (χ1n) is 8.97. The van der Waals surface area contributed by atoms with Crippen molar-refractivity contribution in [3.05, 3.63) is 35.9 Å². The number of carbonyl (C=O) groups is 2. The molecule has 0 unspecified atom stereocenters. The number of likely N-dealkylation sites (N-methyl/N-ethyl adjacent to an activating group) is 1. The normalized spacial score (nSPS) is 12.1. The summed E-state index contributed by atoms with van der Waals surface area (Å²) in [4.78, 5) is 26.4. The Hall–Kier alpha value is -2.12. The maximum Gasteiger partial charge on any atom is 0.318 e. The van der Waals surface area contributed by atoms with Gasteiger partial charge in [0.15, 0.2) is 0 Å². The number of carbonyl (C=O) groups excluding carboxylic acids is 2. The molecule has 1 aromatic rings. The summed E-state index contributed by atoms with van der Waals surface area (Å²) in [6.45, 7) is 3.77. The standard InChI is InChI=1S/C19H31N3O4/c1-14(2)9-10-22(16(12-23)13-24)19(26)21-17(18(25)20-3)11-15-7-5-4-6-8-15/h4-8,14,16-17,23-24H,9-13H2,1-3H3,(H,20,25)(H,21,26)/t17-/m0/s1. The Kier molecular flexibility index (Phi) is 9.69. The molecule has 0 aliphatic heterocycles. The highest BCUT2D eigenvalue weighted by atomic mass is 16.3. The lowest BCUT2D eigenvalue weighted by Gasteiger charge is -2.31. The van der Waals surface area contributed by atoms with E-state index in [1.165, 1.54) is 11.9 Å². The van der Waals surface area contributed by atoms with Gasteiger partial charge in [-0.1, -0.05) is 44.2 Å². The smallest absolute Gasteiger partial charge is 0.318 e. The lowest BCUT2D eigenvalue weighted by Crippen LogP contribution is -2.55. The van der Waals surface area contributed by atoms with Crippen molar-refractivity contribution in [1.82, 2.24) is 15.5 Å². The number of benzene rings is 1. The first-order chi connectivity index (χ1) is 12.4. The van der Waals surface area contributed by atoms with Crippen molar-refractivity contribution in [2.75, 3.05) is 26.8 Å². The van der Waals surface area contributed by atoms with E-state index in [1.54, 1.807) is 0 Å². The maximum atomic E-state index is 12.7. The summed E-state index contributed by atoms with van der Waals surface area (Å²) in [6.07, 6.45) is 1.08. The molecule has 0 saturated carbocycles. The zero-order chi connectivity index (χ0) is 19.5. The summed E-state index contributed by atoms with van der Waals surface area (Å²) in [6, 6.07) is 7.51. The van der Waals surface area contributed by atoms with Crippen LogP contribution in [-0.2, 0) is 11.2 Å². The van der Waals surface area contributed by atoms with Crippen molar-refractivity contribution in [3.8, 4) is 0 Å². The Morgan fingerprint density at radius 2 is 1.73 bits per heavy atom. The van der Waals surface area contributed by atoms with Crippen molar-refractivity contribution >= 4 is 11.9 Å². The van der Waals surface area contributed by atoms with Gasteiger partial charge in [-0.15, -0.1) is 0 Å². The number of hydrogen-bond acceptors (Lipinski definition) is 4. The third-order valence-corrected chi connectivity index (χ3v) is 4.21. The molecule has 1 atom stereocenters. The van der Waals surface area contributed by atoms with Crippen molar-refractivity contribution in [2.24, 2.45) is 5.92 Å². The SMILES string of the molecule is CNC(=O)[C@H](Cc1ccccc1)NC(=O)N(CCC(C)C)C(CO)CO. The van der Waals surface area contributed by atoms with E-state index in [9.17, 15) is 19.8 Å². The molecule has 0 heterocycles. The predicted molar refractivity (Wildman–Crippen MR) is 101 cm³/mol. The van der Waals surface area contributed by atoms with Gasteiger partial charge in [-0.05, 0) is 17.9 Å². The van der Waals surface area contributed by atoms with Crippen molar-refractivity contribution in [3.63, 3.8) is 0 Å². The number of hydrogen-bond donors (Lipinski definition) is 4. The molecule has 0 aliphatic carbocycles. The van der Waals surface area contributed by atoms with Crippen molar-refractivity contribution < 1.29 is 19.8 Å². The van der Waals surface area contributed by atoms with Crippen LogP contribution < -0.4 is 10.6 Å². The lowest BCUT2D eigenvalue weighted by atomic mass is 10.1. The largest absolute Gasteiger partial charge is 0.394 e. The molecule has 7 heteroatoms. The molecule has 0 spiro atoms. The highest BCUT2D eigenvalue weighted by molar-refractivity contribution is 5.87. The predicted octanol–water partition coefficient (Wildman–Crippen LogP) is 0.755. The van der Waals surface area contributed by atoms with Gasteiger partial charge < -0.3 is 25.7 Å². The topological polar surface area (TPSA) is 102 Å². The maximum absolute atomic E-state index is 12.7. The second kappa shape index (κ2) is 11.5. The summed E-state index contributed by atoms with van der Waals surface area (Å²) in [5.74, 6) is 0.0675. The van der Waals surface area contributed by atoms with E-state index in [1.807, 2.05) is 44.2 Å². The lowest BCUT2D eigenvalue weighted by molar-refractivity contribution is -0.122. The van der Waals surface area contributed by atoms with E-state index >= 15 is 0 Å². The van der Waals surface area contributed by atoms with E-state index < -0.39 is 18.1 Å². The summed E-state index contributed by atoms with van der Waals surface area (Å²) >= 11 is 0. The van der Waals surface area contributed by atoms with Gasteiger partial charge in [-0.3, -0.25) is 4.79 Å². The minimum absolute atomic E-state index is 0.296. The van der Waals surface area contributed by atoms with Gasteiger partial charge in [0.25, 0.3) is 0 Å². The van der Waals surface area contributed by atoms with Crippen LogP contribution in [0.1, 0.15) is 25.8 Å².